The van der Waals surface area contributed by atoms with Crippen LogP contribution in [-0.4, -0.2) is 33.0 Å². The van der Waals surface area contributed by atoms with Gasteiger partial charge in [-0.25, -0.2) is 0 Å². The lowest BCUT2D eigenvalue weighted by atomic mass is 9.90. The zero-order chi connectivity index (χ0) is 18.1. The minimum atomic E-state index is -0.311. The molecule has 134 valence electrons. The molecule has 0 aliphatic carbocycles. The van der Waals surface area contributed by atoms with Gasteiger partial charge in [0, 0.05) is 5.56 Å². The highest BCUT2D eigenvalue weighted by molar-refractivity contribution is 5.56. The molecule has 1 aliphatic rings. The Morgan fingerprint density at radius 3 is 2.28 bits per heavy atom. The van der Waals surface area contributed by atoms with Crippen molar-refractivity contribution in [1.29, 1.82) is 0 Å². The summed E-state index contributed by atoms with van der Waals surface area (Å²) in [4.78, 5) is 0. The third-order valence-electron chi connectivity index (χ3n) is 4.67. The summed E-state index contributed by atoms with van der Waals surface area (Å²) in [6, 6.07) is 7.91. The number of hydrogen-bond acceptors (Lipinski definition) is 5. The van der Waals surface area contributed by atoms with Crippen molar-refractivity contribution in [3.8, 4) is 23.0 Å². The number of hydrogen-bond donors (Lipinski definition) is 1. The number of aliphatic hydroxyl groups excluding tert-OH is 1. The maximum atomic E-state index is 10.0. The summed E-state index contributed by atoms with van der Waals surface area (Å²) in [6.07, 6.45) is -0.311. The predicted octanol–water partition coefficient (Wildman–Crippen LogP) is 3.54. The van der Waals surface area contributed by atoms with E-state index in [2.05, 4.69) is 0 Å². The van der Waals surface area contributed by atoms with E-state index in [-0.39, 0.29) is 18.6 Å². The molecule has 2 aromatic rings. The lowest BCUT2D eigenvalue weighted by Gasteiger charge is -2.20. The Balaban J connectivity index is 2.09. The Hall–Kier alpha value is -2.40. The van der Waals surface area contributed by atoms with Crippen molar-refractivity contribution in [3.63, 3.8) is 0 Å². The van der Waals surface area contributed by atoms with Crippen LogP contribution in [0.2, 0.25) is 0 Å². The molecule has 1 aliphatic heterocycles. The smallest absolute Gasteiger partial charge is 0.165 e. The van der Waals surface area contributed by atoms with Crippen molar-refractivity contribution >= 4 is 0 Å². The predicted molar refractivity (Wildman–Crippen MR) is 95.2 cm³/mol. The summed E-state index contributed by atoms with van der Waals surface area (Å²) >= 11 is 0. The van der Waals surface area contributed by atoms with E-state index in [1.54, 1.807) is 21.3 Å². The summed E-state index contributed by atoms with van der Waals surface area (Å²) in [6.45, 7) is 3.95. The first-order chi connectivity index (χ1) is 12.0. The first kappa shape index (κ1) is 17.4. The average Bonchev–Trinajstić information content (AvgIpc) is 2.98. The van der Waals surface area contributed by atoms with Gasteiger partial charge in [0.15, 0.2) is 23.0 Å². The van der Waals surface area contributed by atoms with Crippen LogP contribution in [0.15, 0.2) is 24.3 Å². The average molecular weight is 344 g/mol. The monoisotopic (exact) mass is 344 g/mol. The first-order valence-electron chi connectivity index (χ1n) is 8.22. The molecule has 5 heteroatoms. The van der Waals surface area contributed by atoms with Crippen LogP contribution in [-0.2, 0) is 0 Å². The fourth-order valence-corrected chi connectivity index (χ4v) is 3.53. The molecule has 25 heavy (non-hydrogen) atoms. The van der Waals surface area contributed by atoms with E-state index in [1.165, 1.54) is 0 Å². The van der Waals surface area contributed by atoms with E-state index in [4.69, 9.17) is 18.9 Å². The molecule has 0 saturated heterocycles. The van der Waals surface area contributed by atoms with Crippen LogP contribution < -0.4 is 18.9 Å². The molecule has 1 heterocycles. The molecular weight excluding hydrogens is 320 g/mol. The molecule has 0 aromatic heterocycles. The van der Waals surface area contributed by atoms with Gasteiger partial charge in [-0.3, -0.25) is 0 Å². The normalized spacial score (nSPS) is 18.5. The number of benzene rings is 2. The van der Waals surface area contributed by atoms with Gasteiger partial charge in [0.05, 0.1) is 33.9 Å². The Kier molecular flexibility index (Phi) is 4.77. The van der Waals surface area contributed by atoms with Crippen LogP contribution in [0.1, 0.15) is 34.3 Å². The van der Waals surface area contributed by atoms with Gasteiger partial charge in [0.25, 0.3) is 0 Å². The van der Waals surface area contributed by atoms with Crippen molar-refractivity contribution in [3.05, 3.63) is 46.5 Å². The van der Waals surface area contributed by atoms with Crippen LogP contribution >= 0.6 is 0 Å². The van der Waals surface area contributed by atoms with E-state index in [9.17, 15) is 5.11 Å². The van der Waals surface area contributed by atoms with Gasteiger partial charge in [0.2, 0.25) is 0 Å². The molecule has 0 saturated carbocycles. The van der Waals surface area contributed by atoms with E-state index in [0.717, 1.165) is 22.3 Å². The lowest BCUT2D eigenvalue weighted by Crippen LogP contribution is -2.14. The molecule has 0 fully saturated rings. The Morgan fingerprint density at radius 2 is 1.68 bits per heavy atom. The third kappa shape index (κ3) is 2.89. The molecule has 0 amide bonds. The van der Waals surface area contributed by atoms with Gasteiger partial charge in [-0.2, -0.15) is 0 Å². The molecule has 0 radical (unpaired) electrons. The van der Waals surface area contributed by atoms with E-state index >= 15 is 0 Å². The van der Waals surface area contributed by atoms with Gasteiger partial charge >= 0.3 is 0 Å². The largest absolute Gasteiger partial charge is 0.493 e. The van der Waals surface area contributed by atoms with Crippen molar-refractivity contribution < 1.29 is 24.1 Å². The number of methoxy groups -OCH3 is 3. The fourth-order valence-electron chi connectivity index (χ4n) is 3.53. The highest BCUT2D eigenvalue weighted by Gasteiger charge is 2.38. The van der Waals surface area contributed by atoms with E-state index in [1.807, 2.05) is 38.1 Å². The van der Waals surface area contributed by atoms with Crippen LogP contribution in [0, 0.1) is 13.8 Å². The Labute approximate surface area is 148 Å². The molecule has 2 unspecified atom stereocenters. The van der Waals surface area contributed by atoms with Gasteiger partial charge in [-0.15, -0.1) is 0 Å². The molecule has 2 atom stereocenters. The number of aliphatic hydroxyl groups is 1. The third-order valence-corrected chi connectivity index (χ3v) is 4.67. The summed E-state index contributed by atoms with van der Waals surface area (Å²) < 4.78 is 22.6. The molecule has 0 bridgehead atoms. The molecule has 2 aromatic carbocycles. The Morgan fingerprint density at radius 1 is 0.960 bits per heavy atom. The summed E-state index contributed by atoms with van der Waals surface area (Å²) in [5.74, 6) is 2.58. The number of fused-ring (bicyclic) bond motifs is 1. The highest BCUT2D eigenvalue weighted by atomic mass is 16.5. The maximum absolute atomic E-state index is 10.0. The SMILES string of the molecule is COc1cc(C2Oc3c(OC)cc(C)cc3C2CO)cc(C)c1OC. The number of aryl methyl sites for hydroxylation is 2. The zero-order valence-electron chi connectivity index (χ0n) is 15.3. The van der Waals surface area contributed by atoms with Gasteiger partial charge in [-0.1, -0.05) is 6.07 Å². The summed E-state index contributed by atoms with van der Waals surface area (Å²) in [5.41, 5.74) is 3.93. The Bertz CT molecular complexity index is 784. The van der Waals surface area contributed by atoms with Gasteiger partial charge in [-0.05, 0) is 48.7 Å². The van der Waals surface area contributed by atoms with E-state index in [0.29, 0.717) is 23.0 Å². The van der Waals surface area contributed by atoms with Gasteiger partial charge in [0.1, 0.15) is 6.10 Å². The molecule has 0 spiro atoms. The number of ether oxygens (including phenoxy) is 4. The summed E-state index contributed by atoms with van der Waals surface area (Å²) in [5, 5.41) is 10.0. The molecule has 3 rings (SSSR count). The molecule has 5 nitrogen and oxygen atoms in total. The minimum Gasteiger partial charge on any atom is -0.493 e. The maximum Gasteiger partial charge on any atom is 0.165 e. The van der Waals surface area contributed by atoms with Crippen molar-refractivity contribution in [2.45, 2.75) is 25.9 Å². The highest BCUT2D eigenvalue weighted by Crippen LogP contribution is 2.51. The van der Waals surface area contributed by atoms with Crippen molar-refractivity contribution in [1.82, 2.24) is 0 Å². The van der Waals surface area contributed by atoms with Crippen molar-refractivity contribution in [2.24, 2.45) is 0 Å². The van der Waals surface area contributed by atoms with Crippen molar-refractivity contribution in [2.75, 3.05) is 27.9 Å². The molecular formula is C20H24O5. The quantitative estimate of drug-likeness (QED) is 0.899. The van der Waals surface area contributed by atoms with E-state index < -0.39 is 0 Å². The second-order valence-corrected chi connectivity index (χ2v) is 6.29. The minimum absolute atomic E-state index is 0.0162. The van der Waals surface area contributed by atoms with Crippen LogP contribution in [0.25, 0.3) is 0 Å². The topological polar surface area (TPSA) is 57.2 Å². The number of rotatable bonds is 5. The van der Waals surface area contributed by atoms with Gasteiger partial charge < -0.3 is 24.1 Å². The first-order valence-corrected chi connectivity index (χ1v) is 8.22. The lowest BCUT2D eigenvalue weighted by molar-refractivity contribution is 0.156. The summed E-state index contributed by atoms with van der Waals surface area (Å²) in [7, 11) is 4.86. The second kappa shape index (κ2) is 6.84. The molecule has 1 N–H and O–H groups in total. The fraction of sp³-hybridized carbons (Fsp3) is 0.400. The second-order valence-electron chi connectivity index (χ2n) is 6.29. The zero-order valence-corrected chi connectivity index (χ0v) is 15.3. The van der Waals surface area contributed by atoms with Crippen LogP contribution in [0.5, 0.6) is 23.0 Å². The standard InChI is InChI=1S/C20H24O5/c1-11-6-14-15(10-21)19(25-20(14)16(7-11)22-3)13-8-12(2)18(24-5)17(9-13)23-4/h6-9,15,19,21H,10H2,1-5H3. The van der Waals surface area contributed by atoms with Crippen LogP contribution in [0.4, 0.5) is 0 Å². The van der Waals surface area contributed by atoms with Crippen LogP contribution in [0.3, 0.4) is 0 Å².